The van der Waals surface area contributed by atoms with Crippen LogP contribution in [0.3, 0.4) is 0 Å². The van der Waals surface area contributed by atoms with Crippen molar-refractivity contribution < 1.29 is 4.79 Å². The van der Waals surface area contributed by atoms with Gasteiger partial charge >= 0.3 is 0 Å². The van der Waals surface area contributed by atoms with Crippen molar-refractivity contribution in [1.82, 2.24) is 4.90 Å². The van der Waals surface area contributed by atoms with Gasteiger partial charge in [0, 0.05) is 17.1 Å². The standard InChI is InChI=1S/C15H19BrN2O/c1-2-5-14(17)15(19)18(12-8-9-12)10-11-6-3-4-7-13(11)16/h2-4,6-7,12,14H,1,5,8-10,17H2. The maximum Gasteiger partial charge on any atom is 0.240 e. The van der Waals surface area contributed by atoms with Gasteiger partial charge in [0.05, 0.1) is 6.04 Å². The molecule has 1 fully saturated rings. The van der Waals surface area contributed by atoms with E-state index in [2.05, 4.69) is 22.5 Å². The molecular formula is C15H19BrN2O. The van der Waals surface area contributed by atoms with Gasteiger partial charge in [0.1, 0.15) is 0 Å². The first-order valence-electron chi connectivity index (χ1n) is 6.54. The van der Waals surface area contributed by atoms with Gasteiger partial charge < -0.3 is 10.6 Å². The van der Waals surface area contributed by atoms with Gasteiger partial charge in [-0.05, 0) is 30.9 Å². The summed E-state index contributed by atoms with van der Waals surface area (Å²) >= 11 is 3.53. The van der Waals surface area contributed by atoms with Gasteiger partial charge in [0.15, 0.2) is 0 Å². The fraction of sp³-hybridized carbons (Fsp3) is 0.400. The maximum atomic E-state index is 12.4. The van der Waals surface area contributed by atoms with E-state index in [0.717, 1.165) is 22.9 Å². The van der Waals surface area contributed by atoms with Crippen LogP contribution in [0.15, 0.2) is 41.4 Å². The molecule has 2 rings (SSSR count). The third-order valence-corrected chi connectivity index (χ3v) is 4.08. The van der Waals surface area contributed by atoms with Crippen LogP contribution in [0.25, 0.3) is 0 Å². The first-order chi connectivity index (χ1) is 9.13. The van der Waals surface area contributed by atoms with Crippen LogP contribution in [-0.4, -0.2) is 22.9 Å². The fourth-order valence-corrected chi connectivity index (χ4v) is 2.49. The highest BCUT2D eigenvalue weighted by Gasteiger charge is 2.34. The minimum absolute atomic E-state index is 0.0261. The Morgan fingerprint density at radius 3 is 2.79 bits per heavy atom. The largest absolute Gasteiger partial charge is 0.334 e. The van der Waals surface area contributed by atoms with Gasteiger partial charge in [-0.3, -0.25) is 4.79 Å². The van der Waals surface area contributed by atoms with Crippen molar-refractivity contribution in [1.29, 1.82) is 0 Å². The summed E-state index contributed by atoms with van der Waals surface area (Å²) in [7, 11) is 0. The third-order valence-electron chi connectivity index (χ3n) is 3.31. The first kappa shape index (κ1) is 14.3. The lowest BCUT2D eigenvalue weighted by Crippen LogP contribution is -2.44. The van der Waals surface area contributed by atoms with Crippen LogP contribution in [0, 0.1) is 0 Å². The molecule has 1 aromatic rings. The molecule has 19 heavy (non-hydrogen) atoms. The van der Waals surface area contributed by atoms with Crippen molar-refractivity contribution in [2.45, 2.75) is 37.9 Å². The monoisotopic (exact) mass is 322 g/mol. The van der Waals surface area contributed by atoms with Crippen molar-refractivity contribution in [2.24, 2.45) is 5.73 Å². The molecule has 2 N–H and O–H groups in total. The van der Waals surface area contributed by atoms with E-state index < -0.39 is 6.04 Å². The van der Waals surface area contributed by atoms with Crippen molar-refractivity contribution in [3.8, 4) is 0 Å². The van der Waals surface area contributed by atoms with E-state index in [9.17, 15) is 4.79 Å². The molecule has 0 aliphatic heterocycles. The Bertz CT molecular complexity index is 471. The molecule has 1 amide bonds. The van der Waals surface area contributed by atoms with Crippen LogP contribution in [-0.2, 0) is 11.3 Å². The summed E-state index contributed by atoms with van der Waals surface area (Å²) in [6.45, 7) is 4.26. The number of carbonyl (C=O) groups excluding carboxylic acids is 1. The highest BCUT2D eigenvalue weighted by molar-refractivity contribution is 9.10. The number of nitrogens with two attached hydrogens (primary N) is 1. The van der Waals surface area contributed by atoms with E-state index in [4.69, 9.17) is 5.73 Å². The second-order valence-corrected chi connectivity index (χ2v) is 5.77. The number of carbonyl (C=O) groups is 1. The summed E-state index contributed by atoms with van der Waals surface area (Å²) in [5.74, 6) is 0.0261. The molecule has 1 aliphatic rings. The molecule has 1 aliphatic carbocycles. The van der Waals surface area contributed by atoms with Crippen LogP contribution >= 0.6 is 15.9 Å². The topological polar surface area (TPSA) is 46.3 Å². The highest BCUT2D eigenvalue weighted by atomic mass is 79.9. The average molecular weight is 323 g/mol. The molecule has 0 radical (unpaired) electrons. The predicted molar refractivity (Wildman–Crippen MR) is 80.5 cm³/mol. The number of hydrogen-bond acceptors (Lipinski definition) is 2. The summed E-state index contributed by atoms with van der Waals surface area (Å²) in [5, 5.41) is 0. The summed E-state index contributed by atoms with van der Waals surface area (Å²) < 4.78 is 1.03. The number of halogens is 1. The molecular weight excluding hydrogens is 304 g/mol. The van der Waals surface area contributed by atoms with Gasteiger partial charge in [-0.25, -0.2) is 0 Å². The lowest BCUT2D eigenvalue weighted by molar-refractivity contribution is -0.133. The van der Waals surface area contributed by atoms with Gasteiger partial charge in [-0.2, -0.15) is 0 Å². The van der Waals surface area contributed by atoms with Crippen molar-refractivity contribution >= 4 is 21.8 Å². The van der Waals surface area contributed by atoms with E-state index >= 15 is 0 Å². The van der Waals surface area contributed by atoms with E-state index in [1.807, 2.05) is 29.2 Å². The zero-order valence-electron chi connectivity index (χ0n) is 10.9. The molecule has 102 valence electrons. The third kappa shape index (κ3) is 3.67. The second-order valence-electron chi connectivity index (χ2n) is 4.92. The lowest BCUT2D eigenvalue weighted by Gasteiger charge is -2.26. The second kappa shape index (κ2) is 6.35. The Labute approximate surface area is 122 Å². The summed E-state index contributed by atoms with van der Waals surface area (Å²) in [5.41, 5.74) is 7.03. The molecule has 0 aromatic heterocycles. The Morgan fingerprint density at radius 1 is 1.53 bits per heavy atom. The van der Waals surface area contributed by atoms with E-state index in [-0.39, 0.29) is 5.91 Å². The van der Waals surface area contributed by atoms with E-state index in [1.165, 1.54) is 0 Å². The summed E-state index contributed by atoms with van der Waals surface area (Å²) in [6.07, 6.45) is 4.39. The maximum absolute atomic E-state index is 12.4. The van der Waals surface area contributed by atoms with Crippen molar-refractivity contribution in [3.05, 3.63) is 47.0 Å². The van der Waals surface area contributed by atoms with Crippen LogP contribution in [0.2, 0.25) is 0 Å². The molecule has 0 bridgehead atoms. The highest BCUT2D eigenvalue weighted by Crippen LogP contribution is 2.30. The SMILES string of the molecule is C=CCC(N)C(=O)N(Cc1ccccc1Br)C1CC1. The van der Waals surface area contributed by atoms with Gasteiger partial charge in [-0.15, -0.1) is 6.58 Å². The minimum Gasteiger partial charge on any atom is -0.334 e. The van der Waals surface area contributed by atoms with Gasteiger partial charge in [0.2, 0.25) is 5.91 Å². The van der Waals surface area contributed by atoms with E-state index in [1.54, 1.807) is 6.08 Å². The van der Waals surface area contributed by atoms with Crippen LogP contribution in [0.5, 0.6) is 0 Å². The predicted octanol–water partition coefficient (Wildman–Crippen LogP) is 2.84. The van der Waals surface area contributed by atoms with Crippen molar-refractivity contribution in [2.75, 3.05) is 0 Å². The first-order valence-corrected chi connectivity index (χ1v) is 7.33. The Hall–Kier alpha value is -1.13. The molecule has 0 heterocycles. The van der Waals surface area contributed by atoms with Gasteiger partial charge in [0.25, 0.3) is 0 Å². The average Bonchev–Trinajstić information content (AvgIpc) is 3.21. The lowest BCUT2D eigenvalue weighted by atomic mass is 10.1. The smallest absolute Gasteiger partial charge is 0.240 e. The molecule has 1 saturated carbocycles. The van der Waals surface area contributed by atoms with Crippen LogP contribution < -0.4 is 5.73 Å². The molecule has 4 heteroatoms. The minimum atomic E-state index is -0.472. The number of benzene rings is 1. The van der Waals surface area contributed by atoms with Crippen LogP contribution in [0.4, 0.5) is 0 Å². The molecule has 3 nitrogen and oxygen atoms in total. The molecule has 1 aromatic carbocycles. The van der Waals surface area contributed by atoms with Crippen molar-refractivity contribution in [3.63, 3.8) is 0 Å². The van der Waals surface area contributed by atoms with E-state index in [0.29, 0.717) is 19.0 Å². The Balaban J connectivity index is 2.10. The normalized spacial score (nSPS) is 15.9. The summed E-state index contributed by atoms with van der Waals surface area (Å²) in [4.78, 5) is 14.3. The molecule has 0 spiro atoms. The Kier molecular flexibility index (Phi) is 4.77. The molecule has 1 atom stereocenters. The van der Waals surface area contributed by atoms with Crippen LogP contribution in [0.1, 0.15) is 24.8 Å². The number of rotatable bonds is 6. The summed E-state index contributed by atoms with van der Waals surface area (Å²) in [6, 6.07) is 7.87. The quantitative estimate of drug-likeness (QED) is 0.818. The zero-order chi connectivity index (χ0) is 13.8. The van der Waals surface area contributed by atoms with Gasteiger partial charge in [-0.1, -0.05) is 40.2 Å². The number of amides is 1. The molecule has 0 saturated heterocycles. The number of hydrogen-bond donors (Lipinski definition) is 1. The zero-order valence-corrected chi connectivity index (χ0v) is 12.5. The Morgan fingerprint density at radius 2 is 2.21 bits per heavy atom. The molecule has 1 unspecified atom stereocenters. The number of nitrogens with zero attached hydrogens (tertiary/aromatic N) is 1. The fourth-order valence-electron chi connectivity index (χ4n) is 2.08.